The van der Waals surface area contributed by atoms with Crippen LogP contribution in [0.25, 0.3) is 0 Å². The Morgan fingerprint density at radius 3 is 2.40 bits per heavy atom. The molecule has 1 N–H and O–H groups in total. The van der Waals surface area contributed by atoms with Crippen LogP contribution in [0.5, 0.6) is 0 Å². The van der Waals surface area contributed by atoms with Crippen LogP contribution >= 0.6 is 0 Å². The van der Waals surface area contributed by atoms with Gasteiger partial charge in [-0.25, -0.2) is 0 Å². The predicted octanol–water partition coefficient (Wildman–Crippen LogP) is 5.04. The van der Waals surface area contributed by atoms with Gasteiger partial charge in [-0.2, -0.15) is 0 Å². The van der Waals surface area contributed by atoms with E-state index in [2.05, 4.69) is 43.0 Å². The van der Waals surface area contributed by atoms with Gasteiger partial charge in [-0.05, 0) is 62.9 Å². The van der Waals surface area contributed by atoms with Crippen LogP contribution in [0.4, 0.5) is 5.69 Å². The van der Waals surface area contributed by atoms with E-state index in [1.54, 1.807) is 0 Å². The Hall–Kier alpha value is -2.33. The lowest BCUT2D eigenvalue weighted by Crippen LogP contribution is -2.56. The molecular weight excluding hydrogens is 372 g/mol. The Morgan fingerprint density at radius 1 is 1.03 bits per heavy atom. The summed E-state index contributed by atoms with van der Waals surface area (Å²) < 4.78 is 0. The number of amides is 1. The highest BCUT2D eigenvalue weighted by molar-refractivity contribution is 5.94. The first kappa shape index (κ1) is 20.9. The van der Waals surface area contributed by atoms with E-state index < -0.39 is 5.60 Å². The molecule has 1 saturated heterocycles. The monoisotopic (exact) mass is 406 g/mol. The molecule has 0 aromatic heterocycles. The second-order valence-electron chi connectivity index (χ2n) is 8.78. The third-order valence-corrected chi connectivity index (χ3v) is 7.21. The van der Waals surface area contributed by atoms with Gasteiger partial charge in [-0.1, -0.05) is 43.2 Å². The van der Waals surface area contributed by atoms with Gasteiger partial charge >= 0.3 is 0 Å². The van der Waals surface area contributed by atoms with E-state index in [-0.39, 0.29) is 17.9 Å². The van der Waals surface area contributed by atoms with Crippen molar-refractivity contribution in [3.05, 3.63) is 65.7 Å². The quantitative estimate of drug-likeness (QED) is 0.756. The lowest BCUT2D eigenvalue weighted by Gasteiger charge is -2.52. The lowest BCUT2D eigenvalue weighted by atomic mass is 9.66. The third-order valence-electron chi connectivity index (χ3n) is 7.21. The maximum absolute atomic E-state index is 13.5. The molecular formula is C26H34N2O2. The molecule has 0 bridgehead atoms. The summed E-state index contributed by atoms with van der Waals surface area (Å²) >= 11 is 0. The van der Waals surface area contributed by atoms with Crippen molar-refractivity contribution in [2.45, 2.75) is 57.6 Å². The Balaban J connectivity index is 1.71. The second kappa shape index (κ2) is 8.81. The fourth-order valence-corrected chi connectivity index (χ4v) is 5.54. The number of hydrogen-bond acceptors (Lipinski definition) is 3. The fourth-order valence-electron chi connectivity index (χ4n) is 5.54. The van der Waals surface area contributed by atoms with Crippen LogP contribution in [0.3, 0.4) is 0 Å². The van der Waals surface area contributed by atoms with Gasteiger partial charge in [0, 0.05) is 36.8 Å². The second-order valence-corrected chi connectivity index (χ2v) is 8.78. The summed E-state index contributed by atoms with van der Waals surface area (Å²) in [7, 11) is 0. The van der Waals surface area contributed by atoms with Gasteiger partial charge in [0.05, 0.1) is 11.6 Å². The van der Waals surface area contributed by atoms with Crippen LogP contribution < -0.4 is 4.90 Å². The highest BCUT2D eigenvalue weighted by atomic mass is 16.3. The highest BCUT2D eigenvalue weighted by Crippen LogP contribution is 2.49. The summed E-state index contributed by atoms with van der Waals surface area (Å²) in [6.07, 6.45) is 4.68. The van der Waals surface area contributed by atoms with Crippen LogP contribution in [0.15, 0.2) is 54.6 Å². The minimum Gasteiger partial charge on any atom is -0.389 e. The van der Waals surface area contributed by atoms with Crippen molar-refractivity contribution in [1.82, 2.24) is 4.90 Å². The summed E-state index contributed by atoms with van der Waals surface area (Å²) in [4.78, 5) is 17.8. The van der Waals surface area contributed by atoms with Crippen LogP contribution in [0.1, 0.15) is 67.9 Å². The average Bonchev–Trinajstić information content (AvgIpc) is 2.79. The number of piperidine rings is 1. The molecule has 1 amide bonds. The third kappa shape index (κ3) is 3.85. The van der Waals surface area contributed by atoms with E-state index in [0.717, 1.165) is 49.9 Å². The minimum atomic E-state index is -0.659. The number of likely N-dealkylation sites (tertiary alicyclic amines) is 1. The zero-order chi connectivity index (χ0) is 21.1. The molecule has 3 atom stereocenters. The number of carbonyl (C=O) groups excluding carboxylic acids is 1. The molecule has 1 aliphatic heterocycles. The summed E-state index contributed by atoms with van der Waals surface area (Å²) in [5, 5.41) is 11.5. The molecule has 2 aromatic rings. The predicted molar refractivity (Wildman–Crippen MR) is 122 cm³/mol. The maximum Gasteiger partial charge on any atom is 0.254 e. The molecule has 1 heterocycles. The van der Waals surface area contributed by atoms with E-state index in [9.17, 15) is 9.90 Å². The normalized spacial score (nSPS) is 26.2. The molecule has 4 nitrogen and oxygen atoms in total. The Kier molecular flexibility index (Phi) is 6.14. The Labute approximate surface area is 180 Å². The molecule has 0 unspecified atom stereocenters. The average molecular weight is 407 g/mol. The van der Waals surface area contributed by atoms with Gasteiger partial charge in [-0.3, -0.25) is 4.79 Å². The van der Waals surface area contributed by atoms with Gasteiger partial charge in [-0.15, -0.1) is 0 Å². The summed E-state index contributed by atoms with van der Waals surface area (Å²) in [5.41, 5.74) is 2.41. The minimum absolute atomic E-state index is 0.0704. The number of hydrogen-bond donors (Lipinski definition) is 1. The molecule has 30 heavy (non-hydrogen) atoms. The molecule has 0 radical (unpaired) electrons. The van der Waals surface area contributed by atoms with Crippen molar-refractivity contribution in [2.75, 3.05) is 24.5 Å². The molecule has 2 aliphatic rings. The molecule has 2 fully saturated rings. The number of benzene rings is 2. The number of aliphatic hydroxyl groups is 1. The molecule has 2 aromatic carbocycles. The van der Waals surface area contributed by atoms with E-state index in [1.165, 1.54) is 5.69 Å². The van der Waals surface area contributed by atoms with Gasteiger partial charge in [0.2, 0.25) is 0 Å². The van der Waals surface area contributed by atoms with Gasteiger partial charge < -0.3 is 14.9 Å². The van der Waals surface area contributed by atoms with Crippen molar-refractivity contribution in [2.24, 2.45) is 5.92 Å². The molecule has 160 valence electrons. The smallest absolute Gasteiger partial charge is 0.254 e. The topological polar surface area (TPSA) is 43.8 Å². The number of anilines is 1. The number of fused-ring (bicyclic) bond motifs is 1. The van der Waals surface area contributed by atoms with E-state index in [4.69, 9.17) is 0 Å². The van der Waals surface area contributed by atoms with Gasteiger partial charge in [0.25, 0.3) is 5.91 Å². The maximum atomic E-state index is 13.5. The molecule has 1 saturated carbocycles. The lowest BCUT2D eigenvalue weighted by molar-refractivity contribution is -0.115. The van der Waals surface area contributed by atoms with Crippen molar-refractivity contribution in [3.63, 3.8) is 0 Å². The van der Waals surface area contributed by atoms with Crippen LogP contribution in [0.2, 0.25) is 0 Å². The van der Waals surface area contributed by atoms with Gasteiger partial charge in [0.1, 0.15) is 0 Å². The van der Waals surface area contributed by atoms with Crippen molar-refractivity contribution in [3.8, 4) is 0 Å². The van der Waals surface area contributed by atoms with Crippen LogP contribution in [-0.2, 0) is 0 Å². The van der Waals surface area contributed by atoms with E-state index in [0.29, 0.717) is 13.0 Å². The zero-order valence-electron chi connectivity index (χ0n) is 18.3. The van der Waals surface area contributed by atoms with Gasteiger partial charge in [0.15, 0.2) is 0 Å². The first-order valence-corrected chi connectivity index (χ1v) is 11.5. The fraction of sp³-hybridized carbons (Fsp3) is 0.500. The molecule has 1 aliphatic carbocycles. The Bertz CT molecular complexity index is 847. The largest absolute Gasteiger partial charge is 0.389 e. The first-order valence-electron chi connectivity index (χ1n) is 11.5. The van der Waals surface area contributed by atoms with Crippen LogP contribution in [-0.4, -0.2) is 41.1 Å². The number of carbonyl (C=O) groups is 1. The van der Waals surface area contributed by atoms with Crippen molar-refractivity contribution < 1.29 is 9.90 Å². The first-order chi connectivity index (χ1) is 14.6. The summed E-state index contributed by atoms with van der Waals surface area (Å²) in [6.45, 7) is 6.88. The van der Waals surface area contributed by atoms with Crippen molar-refractivity contribution in [1.29, 1.82) is 0 Å². The van der Waals surface area contributed by atoms with E-state index >= 15 is 0 Å². The number of rotatable bonds is 5. The van der Waals surface area contributed by atoms with E-state index in [1.807, 2.05) is 35.2 Å². The molecule has 0 spiro atoms. The standard InChI is InChI=1S/C26H34N2O2/c1-3-27(4-2)22-15-13-20(14-16-22)24-23-12-8-9-17-26(23,30)18-19-28(24)25(29)21-10-6-5-7-11-21/h5-7,10-11,13-16,23-24,30H,3-4,8-9,12,17-19H2,1-2H3/t23-,24-,26-/m1/s1. The zero-order valence-corrected chi connectivity index (χ0v) is 18.3. The summed E-state index contributed by atoms with van der Waals surface area (Å²) in [5.74, 6) is 0.160. The number of nitrogens with zero attached hydrogens (tertiary/aromatic N) is 2. The summed E-state index contributed by atoms with van der Waals surface area (Å²) in [6, 6.07) is 18.2. The molecule has 4 heteroatoms. The molecule has 4 rings (SSSR count). The Morgan fingerprint density at radius 2 is 1.73 bits per heavy atom. The SMILES string of the molecule is CCN(CC)c1ccc([C@@H]2[C@H]3CCCC[C@@]3(O)CCN2C(=O)c2ccccc2)cc1. The van der Waals surface area contributed by atoms with Crippen molar-refractivity contribution >= 4 is 11.6 Å². The highest BCUT2D eigenvalue weighted by Gasteiger charge is 2.50. The van der Waals surface area contributed by atoms with Crippen LogP contribution in [0, 0.1) is 5.92 Å².